The molecule has 2 aromatic rings. The molecule has 1 amide bonds. The topological polar surface area (TPSA) is 80.9 Å². The molecule has 0 saturated heterocycles. The fourth-order valence-electron chi connectivity index (χ4n) is 2.02. The molecule has 0 fully saturated rings. The second-order valence-corrected chi connectivity index (χ2v) is 5.77. The zero-order chi connectivity index (χ0) is 17.9. The maximum Gasteiger partial charge on any atom is 0.433 e. The third kappa shape index (κ3) is 4.77. The van der Waals surface area contributed by atoms with Crippen LogP contribution in [0.4, 0.5) is 13.2 Å². The van der Waals surface area contributed by atoms with Crippen molar-refractivity contribution in [3.63, 3.8) is 0 Å². The van der Waals surface area contributed by atoms with Crippen molar-refractivity contribution in [1.82, 2.24) is 20.4 Å². The van der Waals surface area contributed by atoms with Crippen molar-refractivity contribution in [2.75, 3.05) is 0 Å². The average Bonchev–Trinajstić information content (AvgIpc) is 2.91. The van der Waals surface area contributed by atoms with Gasteiger partial charge in [0.25, 0.3) is 5.91 Å². The Morgan fingerprint density at radius 2 is 2.00 bits per heavy atom. The number of rotatable bonds is 5. The average molecular weight is 342 g/mol. The van der Waals surface area contributed by atoms with Crippen LogP contribution >= 0.6 is 0 Å². The molecule has 0 atom stereocenters. The summed E-state index contributed by atoms with van der Waals surface area (Å²) in [5.74, 6) is 0.227. The van der Waals surface area contributed by atoms with Crippen molar-refractivity contribution in [2.24, 2.45) is 5.92 Å². The van der Waals surface area contributed by atoms with Gasteiger partial charge in [-0.05, 0) is 18.9 Å². The number of alkyl halides is 3. The molecule has 130 valence electrons. The number of nitrogens with zero attached hydrogens (tertiary/aromatic N) is 3. The molecule has 1 N–H and O–H groups in total. The molecule has 0 saturated carbocycles. The van der Waals surface area contributed by atoms with E-state index in [1.165, 1.54) is 13.0 Å². The van der Waals surface area contributed by atoms with Crippen molar-refractivity contribution >= 4 is 5.91 Å². The van der Waals surface area contributed by atoms with E-state index in [1.54, 1.807) is 0 Å². The minimum Gasteiger partial charge on any atom is -0.361 e. The summed E-state index contributed by atoms with van der Waals surface area (Å²) in [5.41, 5.74) is -0.809. The quantitative estimate of drug-likeness (QED) is 0.903. The van der Waals surface area contributed by atoms with Gasteiger partial charge in [0.2, 0.25) is 0 Å². The fourth-order valence-corrected chi connectivity index (χ4v) is 2.02. The molecular formula is C15H17F3N4O2. The first-order valence-electron chi connectivity index (χ1n) is 7.30. The van der Waals surface area contributed by atoms with E-state index in [4.69, 9.17) is 4.52 Å². The molecular weight excluding hydrogens is 325 g/mol. The van der Waals surface area contributed by atoms with Crippen LogP contribution < -0.4 is 5.32 Å². The van der Waals surface area contributed by atoms with Crippen molar-refractivity contribution < 1.29 is 22.5 Å². The summed E-state index contributed by atoms with van der Waals surface area (Å²) in [6.45, 7) is 5.18. The van der Waals surface area contributed by atoms with E-state index in [1.807, 2.05) is 13.8 Å². The molecule has 0 spiro atoms. The number of aromatic nitrogens is 3. The van der Waals surface area contributed by atoms with Gasteiger partial charge in [0.15, 0.2) is 5.69 Å². The molecule has 0 bridgehead atoms. The van der Waals surface area contributed by atoms with Crippen LogP contribution in [0, 0.1) is 12.8 Å². The Morgan fingerprint density at radius 1 is 1.29 bits per heavy atom. The van der Waals surface area contributed by atoms with Crippen LogP contribution in [0.2, 0.25) is 0 Å². The van der Waals surface area contributed by atoms with Crippen LogP contribution in [-0.4, -0.2) is 21.0 Å². The summed E-state index contributed by atoms with van der Waals surface area (Å²) >= 11 is 0. The molecule has 0 radical (unpaired) electrons. The van der Waals surface area contributed by atoms with Crippen LogP contribution in [0.15, 0.2) is 16.7 Å². The number of carbonyl (C=O) groups excluding carboxylic acids is 1. The first-order chi connectivity index (χ1) is 11.1. The van der Waals surface area contributed by atoms with E-state index in [2.05, 4.69) is 20.4 Å². The summed E-state index contributed by atoms with van der Waals surface area (Å²) < 4.78 is 43.2. The highest BCUT2D eigenvalue weighted by atomic mass is 19.4. The molecule has 0 aliphatic heterocycles. The lowest BCUT2D eigenvalue weighted by Gasteiger charge is -2.09. The van der Waals surface area contributed by atoms with Crippen molar-refractivity contribution in [2.45, 2.75) is 39.9 Å². The molecule has 6 nitrogen and oxygen atoms in total. The van der Waals surface area contributed by atoms with E-state index in [0.29, 0.717) is 18.1 Å². The van der Waals surface area contributed by atoms with E-state index in [0.717, 1.165) is 6.07 Å². The Kier molecular flexibility index (Phi) is 5.20. The Morgan fingerprint density at radius 3 is 2.62 bits per heavy atom. The zero-order valence-electron chi connectivity index (χ0n) is 13.4. The molecule has 0 aromatic carbocycles. The van der Waals surface area contributed by atoms with Gasteiger partial charge >= 0.3 is 6.18 Å². The van der Waals surface area contributed by atoms with Gasteiger partial charge in [-0.1, -0.05) is 19.0 Å². The summed E-state index contributed by atoms with van der Waals surface area (Å²) in [7, 11) is 0. The smallest absolute Gasteiger partial charge is 0.361 e. The molecule has 0 aliphatic carbocycles. The first-order valence-corrected chi connectivity index (χ1v) is 7.30. The molecule has 2 heterocycles. The fraction of sp³-hybridized carbons (Fsp3) is 0.467. The molecule has 9 heteroatoms. The monoisotopic (exact) mass is 342 g/mol. The predicted molar refractivity (Wildman–Crippen MR) is 78.0 cm³/mol. The number of hydrogen-bond donors (Lipinski definition) is 1. The molecule has 2 aromatic heterocycles. The molecule has 2 rings (SSSR count). The number of aryl methyl sites for hydroxylation is 1. The molecule has 0 aliphatic rings. The minimum absolute atomic E-state index is 0.0642. The number of amides is 1. The second-order valence-electron chi connectivity index (χ2n) is 5.77. The Hall–Kier alpha value is -2.45. The highest BCUT2D eigenvalue weighted by Gasteiger charge is 2.33. The number of halogens is 3. The molecule has 0 unspecified atom stereocenters. The van der Waals surface area contributed by atoms with Gasteiger partial charge in [0, 0.05) is 18.2 Å². The lowest BCUT2D eigenvalue weighted by molar-refractivity contribution is -0.141. The van der Waals surface area contributed by atoms with E-state index < -0.39 is 17.8 Å². The SMILES string of the molecule is Cc1cc(C(F)(F)F)nc(CNC(=O)c2cc(CC(C)C)on2)n1. The first kappa shape index (κ1) is 17.9. The third-order valence-electron chi connectivity index (χ3n) is 3.00. The van der Waals surface area contributed by atoms with Gasteiger partial charge in [-0.3, -0.25) is 4.79 Å². The number of nitrogens with one attached hydrogen (secondary N) is 1. The Balaban J connectivity index is 2.04. The van der Waals surface area contributed by atoms with E-state index >= 15 is 0 Å². The maximum absolute atomic E-state index is 12.7. The van der Waals surface area contributed by atoms with Gasteiger partial charge in [0.05, 0.1) is 6.54 Å². The number of carbonyl (C=O) groups is 1. The van der Waals surface area contributed by atoms with Crippen molar-refractivity contribution in [1.29, 1.82) is 0 Å². The van der Waals surface area contributed by atoms with Crippen molar-refractivity contribution in [3.8, 4) is 0 Å². The maximum atomic E-state index is 12.7. The minimum atomic E-state index is -4.57. The Bertz CT molecular complexity index is 726. The van der Waals surface area contributed by atoms with Gasteiger partial charge in [-0.2, -0.15) is 13.2 Å². The van der Waals surface area contributed by atoms with Crippen LogP contribution in [-0.2, 0) is 19.1 Å². The largest absolute Gasteiger partial charge is 0.433 e. The normalized spacial score (nSPS) is 11.8. The zero-order valence-corrected chi connectivity index (χ0v) is 13.4. The highest BCUT2D eigenvalue weighted by molar-refractivity contribution is 5.92. The standard InChI is InChI=1S/C15H17F3N4O2/c1-8(2)4-10-6-11(22-24-10)14(23)19-7-13-20-9(3)5-12(21-13)15(16,17)18/h5-6,8H,4,7H2,1-3H3,(H,19,23). The highest BCUT2D eigenvalue weighted by Crippen LogP contribution is 2.27. The van der Waals surface area contributed by atoms with Crippen LogP contribution in [0.3, 0.4) is 0 Å². The lowest BCUT2D eigenvalue weighted by Crippen LogP contribution is -2.25. The summed E-state index contributed by atoms with van der Waals surface area (Å²) in [4.78, 5) is 19.3. The number of hydrogen-bond acceptors (Lipinski definition) is 5. The Labute approximate surface area is 136 Å². The van der Waals surface area contributed by atoms with Gasteiger partial charge < -0.3 is 9.84 Å². The third-order valence-corrected chi connectivity index (χ3v) is 3.00. The second kappa shape index (κ2) is 6.98. The van der Waals surface area contributed by atoms with Crippen LogP contribution in [0.1, 0.15) is 47.3 Å². The predicted octanol–water partition coefficient (Wildman–Crippen LogP) is 2.92. The van der Waals surface area contributed by atoms with Gasteiger partial charge in [-0.15, -0.1) is 0 Å². The summed E-state index contributed by atoms with van der Waals surface area (Å²) in [6, 6.07) is 2.36. The van der Waals surface area contributed by atoms with E-state index in [-0.39, 0.29) is 23.8 Å². The van der Waals surface area contributed by atoms with Gasteiger partial charge in [0.1, 0.15) is 17.3 Å². The van der Waals surface area contributed by atoms with E-state index in [9.17, 15) is 18.0 Å². The van der Waals surface area contributed by atoms with Crippen molar-refractivity contribution in [3.05, 3.63) is 40.8 Å². The van der Waals surface area contributed by atoms with Crippen LogP contribution in [0.25, 0.3) is 0 Å². The lowest BCUT2D eigenvalue weighted by atomic mass is 10.1. The van der Waals surface area contributed by atoms with Crippen LogP contribution in [0.5, 0.6) is 0 Å². The van der Waals surface area contributed by atoms with Gasteiger partial charge in [-0.25, -0.2) is 9.97 Å². The summed E-state index contributed by atoms with van der Waals surface area (Å²) in [5, 5.41) is 6.08. The molecule has 24 heavy (non-hydrogen) atoms. The summed E-state index contributed by atoms with van der Waals surface area (Å²) in [6.07, 6.45) is -3.93.